The van der Waals surface area contributed by atoms with E-state index in [-0.39, 0.29) is 12.7 Å². The minimum Gasteiger partial charge on any atom is -0.454 e. The number of thiocarbonyl (C=S) groups is 1. The molecule has 0 aromatic heterocycles. The van der Waals surface area contributed by atoms with Crippen LogP contribution in [0.5, 0.6) is 11.5 Å². The third kappa shape index (κ3) is 4.19. The van der Waals surface area contributed by atoms with E-state index in [4.69, 9.17) is 21.7 Å². The van der Waals surface area contributed by atoms with Gasteiger partial charge in [0, 0.05) is 31.9 Å². The highest BCUT2D eigenvalue weighted by Gasteiger charge is 2.13. The number of carbonyl (C=O) groups excluding carboxylic acids is 1. The van der Waals surface area contributed by atoms with Crippen LogP contribution in [-0.4, -0.2) is 36.8 Å². The Kier molecular flexibility index (Phi) is 5.04. The molecule has 0 saturated carbocycles. The first-order valence-corrected chi connectivity index (χ1v) is 8.19. The summed E-state index contributed by atoms with van der Waals surface area (Å²) in [7, 11) is 3.45. The van der Waals surface area contributed by atoms with Gasteiger partial charge in [-0.05, 0) is 54.2 Å². The first-order chi connectivity index (χ1) is 12.0. The molecule has 0 saturated heterocycles. The summed E-state index contributed by atoms with van der Waals surface area (Å²) in [6, 6.07) is 13.0. The first kappa shape index (κ1) is 17.0. The molecule has 2 N–H and O–H groups in total. The standard InChI is InChI=1S/C18H19N3O3S/c1-21(2)17(22)13-4-6-14(7-5-13)20-18(25)19-10-12-3-8-15-16(9-12)24-11-23-15/h3-9H,10-11H2,1-2H3,(H2,19,20,25). The predicted molar refractivity (Wildman–Crippen MR) is 100 cm³/mol. The molecular weight excluding hydrogens is 338 g/mol. The van der Waals surface area contributed by atoms with Crippen LogP contribution in [0.4, 0.5) is 5.69 Å². The molecule has 2 aromatic carbocycles. The third-order valence-electron chi connectivity index (χ3n) is 3.69. The van der Waals surface area contributed by atoms with Crippen molar-refractivity contribution in [2.24, 2.45) is 0 Å². The lowest BCUT2D eigenvalue weighted by Gasteiger charge is -2.13. The number of ether oxygens (including phenoxy) is 2. The van der Waals surface area contributed by atoms with Crippen molar-refractivity contribution in [3.05, 3.63) is 53.6 Å². The Morgan fingerprint density at radius 2 is 1.84 bits per heavy atom. The maximum Gasteiger partial charge on any atom is 0.253 e. The summed E-state index contributed by atoms with van der Waals surface area (Å²) in [5.74, 6) is 1.48. The Bertz CT molecular complexity index is 791. The maximum absolute atomic E-state index is 11.9. The first-order valence-electron chi connectivity index (χ1n) is 7.78. The summed E-state index contributed by atoms with van der Waals surface area (Å²) >= 11 is 5.31. The monoisotopic (exact) mass is 357 g/mol. The molecule has 0 spiro atoms. The van der Waals surface area contributed by atoms with E-state index in [1.807, 2.05) is 30.3 Å². The van der Waals surface area contributed by atoms with Gasteiger partial charge in [0.2, 0.25) is 6.79 Å². The average molecular weight is 357 g/mol. The number of nitrogens with zero attached hydrogens (tertiary/aromatic N) is 1. The molecule has 1 heterocycles. The topological polar surface area (TPSA) is 62.8 Å². The van der Waals surface area contributed by atoms with E-state index >= 15 is 0 Å². The highest BCUT2D eigenvalue weighted by Crippen LogP contribution is 2.32. The molecule has 25 heavy (non-hydrogen) atoms. The van der Waals surface area contributed by atoms with Crippen LogP contribution in [0, 0.1) is 0 Å². The van der Waals surface area contributed by atoms with Crippen molar-refractivity contribution in [2.45, 2.75) is 6.54 Å². The summed E-state index contributed by atoms with van der Waals surface area (Å²) in [6.07, 6.45) is 0. The second kappa shape index (κ2) is 7.40. The fraction of sp³-hybridized carbons (Fsp3) is 0.222. The van der Waals surface area contributed by atoms with Crippen LogP contribution < -0.4 is 20.1 Å². The number of amides is 1. The van der Waals surface area contributed by atoms with E-state index in [1.54, 1.807) is 31.1 Å². The number of fused-ring (bicyclic) bond motifs is 1. The van der Waals surface area contributed by atoms with Crippen molar-refractivity contribution in [3.63, 3.8) is 0 Å². The van der Waals surface area contributed by atoms with Gasteiger partial charge in [0.15, 0.2) is 16.6 Å². The number of anilines is 1. The number of hydrogen-bond acceptors (Lipinski definition) is 4. The summed E-state index contributed by atoms with van der Waals surface area (Å²) in [5, 5.41) is 6.75. The van der Waals surface area contributed by atoms with Gasteiger partial charge in [-0.25, -0.2) is 0 Å². The van der Waals surface area contributed by atoms with Crippen LogP contribution in [-0.2, 0) is 6.54 Å². The summed E-state index contributed by atoms with van der Waals surface area (Å²) in [5.41, 5.74) is 2.49. The second-order valence-corrected chi connectivity index (χ2v) is 6.18. The van der Waals surface area contributed by atoms with E-state index < -0.39 is 0 Å². The minimum atomic E-state index is -0.0324. The molecule has 0 bridgehead atoms. The Hall–Kier alpha value is -2.80. The third-order valence-corrected chi connectivity index (χ3v) is 3.93. The van der Waals surface area contributed by atoms with E-state index in [0.717, 1.165) is 22.7 Å². The lowest BCUT2D eigenvalue weighted by atomic mass is 10.2. The summed E-state index contributed by atoms with van der Waals surface area (Å²) in [4.78, 5) is 13.4. The van der Waals surface area contributed by atoms with E-state index in [0.29, 0.717) is 17.2 Å². The molecular formula is C18H19N3O3S. The number of nitrogens with one attached hydrogen (secondary N) is 2. The highest BCUT2D eigenvalue weighted by molar-refractivity contribution is 7.80. The average Bonchev–Trinajstić information content (AvgIpc) is 3.07. The fourth-order valence-electron chi connectivity index (χ4n) is 2.36. The molecule has 2 aromatic rings. The lowest BCUT2D eigenvalue weighted by molar-refractivity contribution is 0.0827. The van der Waals surface area contributed by atoms with Gasteiger partial charge < -0.3 is 25.0 Å². The van der Waals surface area contributed by atoms with Crippen molar-refractivity contribution < 1.29 is 14.3 Å². The van der Waals surface area contributed by atoms with Crippen LogP contribution in [0.15, 0.2) is 42.5 Å². The molecule has 0 atom stereocenters. The van der Waals surface area contributed by atoms with Crippen LogP contribution >= 0.6 is 12.2 Å². The van der Waals surface area contributed by atoms with Gasteiger partial charge in [-0.2, -0.15) is 0 Å². The maximum atomic E-state index is 11.9. The molecule has 6 nitrogen and oxygen atoms in total. The van der Waals surface area contributed by atoms with Gasteiger partial charge in [0.05, 0.1) is 0 Å². The molecule has 1 aliphatic heterocycles. The largest absolute Gasteiger partial charge is 0.454 e. The zero-order valence-electron chi connectivity index (χ0n) is 14.0. The zero-order valence-corrected chi connectivity index (χ0v) is 14.9. The van der Waals surface area contributed by atoms with Gasteiger partial charge in [-0.3, -0.25) is 4.79 Å². The second-order valence-electron chi connectivity index (χ2n) is 5.77. The number of hydrogen-bond donors (Lipinski definition) is 2. The van der Waals surface area contributed by atoms with Crippen LogP contribution in [0.1, 0.15) is 15.9 Å². The molecule has 0 aliphatic carbocycles. The van der Waals surface area contributed by atoms with Crippen molar-refractivity contribution in [2.75, 3.05) is 26.2 Å². The zero-order chi connectivity index (χ0) is 17.8. The molecule has 0 radical (unpaired) electrons. The SMILES string of the molecule is CN(C)C(=O)c1ccc(NC(=S)NCc2ccc3c(c2)OCO3)cc1. The molecule has 130 valence electrons. The Morgan fingerprint density at radius 1 is 1.12 bits per heavy atom. The van der Waals surface area contributed by atoms with Crippen molar-refractivity contribution in [3.8, 4) is 11.5 Å². The summed E-state index contributed by atoms with van der Waals surface area (Å²) < 4.78 is 10.7. The highest BCUT2D eigenvalue weighted by atomic mass is 32.1. The quantitative estimate of drug-likeness (QED) is 0.820. The predicted octanol–water partition coefficient (Wildman–Crippen LogP) is 2.60. The smallest absolute Gasteiger partial charge is 0.253 e. The summed E-state index contributed by atoms with van der Waals surface area (Å²) in [6.45, 7) is 0.832. The Balaban J connectivity index is 1.53. The van der Waals surface area contributed by atoms with E-state index in [9.17, 15) is 4.79 Å². The normalized spacial score (nSPS) is 11.8. The molecule has 1 amide bonds. The van der Waals surface area contributed by atoms with Crippen molar-refractivity contribution >= 4 is 28.9 Å². The van der Waals surface area contributed by atoms with Crippen LogP contribution in [0.25, 0.3) is 0 Å². The van der Waals surface area contributed by atoms with Crippen molar-refractivity contribution in [1.29, 1.82) is 0 Å². The van der Waals surface area contributed by atoms with Crippen molar-refractivity contribution in [1.82, 2.24) is 10.2 Å². The van der Waals surface area contributed by atoms with E-state index in [1.165, 1.54) is 0 Å². The molecule has 3 rings (SSSR count). The van der Waals surface area contributed by atoms with Gasteiger partial charge in [-0.15, -0.1) is 0 Å². The number of benzene rings is 2. The molecule has 1 aliphatic rings. The number of rotatable bonds is 4. The Morgan fingerprint density at radius 3 is 2.56 bits per heavy atom. The number of carbonyl (C=O) groups is 1. The Labute approximate surface area is 151 Å². The van der Waals surface area contributed by atoms with Crippen LogP contribution in [0.2, 0.25) is 0 Å². The van der Waals surface area contributed by atoms with Gasteiger partial charge in [0.25, 0.3) is 5.91 Å². The lowest BCUT2D eigenvalue weighted by Crippen LogP contribution is -2.28. The van der Waals surface area contributed by atoms with Crippen LogP contribution in [0.3, 0.4) is 0 Å². The van der Waals surface area contributed by atoms with Gasteiger partial charge in [-0.1, -0.05) is 6.07 Å². The van der Waals surface area contributed by atoms with Gasteiger partial charge >= 0.3 is 0 Å². The van der Waals surface area contributed by atoms with Gasteiger partial charge in [0.1, 0.15) is 0 Å². The molecule has 0 fully saturated rings. The van der Waals surface area contributed by atoms with E-state index in [2.05, 4.69) is 10.6 Å². The molecule has 0 unspecified atom stereocenters. The minimum absolute atomic E-state index is 0.0324. The molecule has 7 heteroatoms. The fourth-order valence-corrected chi connectivity index (χ4v) is 2.55.